The van der Waals surface area contributed by atoms with Crippen LogP contribution < -0.4 is 5.32 Å². The van der Waals surface area contributed by atoms with Crippen molar-refractivity contribution in [1.29, 1.82) is 0 Å². The van der Waals surface area contributed by atoms with Crippen LogP contribution >= 0.6 is 11.3 Å². The Hall–Kier alpha value is -2.98. The lowest BCUT2D eigenvalue weighted by Gasteiger charge is -2.04. The van der Waals surface area contributed by atoms with Crippen LogP contribution in [0, 0.1) is 6.92 Å². The molecule has 1 N–H and O–H groups in total. The van der Waals surface area contributed by atoms with Crippen molar-refractivity contribution in [3.8, 4) is 11.3 Å². The normalized spacial score (nSPS) is 10.8. The number of anilines is 1. The topological polar surface area (TPSA) is 42.0 Å². The number of carbonyl (C=O) groups excluding carboxylic acids is 1. The quantitative estimate of drug-likeness (QED) is 0.527. The second-order valence-electron chi connectivity index (χ2n) is 6.31. The smallest absolute Gasteiger partial charge is 0.230 e. The van der Waals surface area contributed by atoms with Gasteiger partial charge in [-0.2, -0.15) is 0 Å². The van der Waals surface area contributed by atoms with E-state index in [-0.39, 0.29) is 5.91 Å². The largest absolute Gasteiger partial charge is 0.302 e. The molecule has 0 unspecified atom stereocenters. The van der Waals surface area contributed by atoms with E-state index < -0.39 is 0 Å². The highest BCUT2D eigenvalue weighted by atomic mass is 32.1. The van der Waals surface area contributed by atoms with Gasteiger partial charge in [0.2, 0.25) is 5.91 Å². The number of hydrogen-bond donors (Lipinski definition) is 1. The minimum atomic E-state index is -0.0508. The highest BCUT2D eigenvalue weighted by Gasteiger charge is 2.09. The third kappa shape index (κ3) is 3.65. The van der Waals surface area contributed by atoms with Crippen molar-refractivity contribution in [3.63, 3.8) is 0 Å². The fourth-order valence-electron chi connectivity index (χ4n) is 2.89. The maximum absolute atomic E-state index is 12.4. The maximum atomic E-state index is 12.4. The maximum Gasteiger partial charge on any atom is 0.230 e. The Balaban J connectivity index is 1.45. The van der Waals surface area contributed by atoms with Crippen molar-refractivity contribution in [2.45, 2.75) is 13.3 Å². The van der Waals surface area contributed by atoms with E-state index in [9.17, 15) is 4.79 Å². The van der Waals surface area contributed by atoms with E-state index in [0.29, 0.717) is 11.6 Å². The minimum absolute atomic E-state index is 0.0508. The van der Waals surface area contributed by atoms with Crippen molar-refractivity contribution >= 4 is 33.1 Å². The van der Waals surface area contributed by atoms with Gasteiger partial charge in [0, 0.05) is 10.9 Å². The first-order valence-corrected chi connectivity index (χ1v) is 9.35. The molecule has 0 atom stereocenters. The molecule has 1 amide bonds. The molecule has 4 aromatic rings. The van der Waals surface area contributed by atoms with Gasteiger partial charge in [-0.3, -0.25) is 4.79 Å². The first-order chi connectivity index (χ1) is 12.7. The van der Waals surface area contributed by atoms with Crippen LogP contribution in [0.2, 0.25) is 0 Å². The lowest BCUT2D eigenvalue weighted by Crippen LogP contribution is -2.14. The Morgan fingerprint density at radius 1 is 1.00 bits per heavy atom. The number of benzene rings is 3. The molecule has 1 aromatic heterocycles. The molecule has 0 aliphatic carbocycles. The fraction of sp³-hybridized carbons (Fsp3) is 0.0909. The number of rotatable bonds is 4. The molecule has 0 aliphatic rings. The number of nitrogens with zero attached hydrogens (tertiary/aromatic N) is 1. The van der Waals surface area contributed by atoms with Crippen LogP contribution in [0.5, 0.6) is 0 Å². The van der Waals surface area contributed by atoms with Gasteiger partial charge in [0.1, 0.15) is 0 Å². The molecule has 4 rings (SSSR count). The monoisotopic (exact) mass is 358 g/mol. The zero-order chi connectivity index (χ0) is 17.9. The summed E-state index contributed by atoms with van der Waals surface area (Å²) >= 11 is 1.45. The van der Waals surface area contributed by atoms with Gasteiger partial charge < -0.3 is 5.32 Å². The molecule has 0 radical (unpaired) electrons. The van der Waals surface area contributed by atoms with E-state index in [1.165, 1.54) is 22.3 Å². The van der Waals surface area contributed by atoms with Gasteiger partial charge in [0.15, 0.2) is 5.13 Å². The van der Waals surface area contributed by atoms with Crippen LogP contribution in [0.3, 0.4) is 0 Å². The summed E-state index contributed by atoms with van der Waals surface area (Å²) in [6.45, 7) is 2.06. The minimum Gasteiger partial charge on any atom is -0.302 e. The molecule has 3 aromatic carbocycles. The zero-order valence-corrected chi connectivity index (χ0v) is 15.2. The van der Waals surface area contributed by atoms with E-state index >= 15 is 0 Å². The first kappa shape index (κ1) is 16.5. The number of amides is 1. The van der Waals surface area contributed by atoms with Gasteiger partial charge >= 0.3 is 0 Å². The highest BCUT2D eigenvalue weighted by Crippen LogP contribution is 2.25. The summed E-state index contributed by atoms with van der Waals surface area (Å²) in [4.78, 5) is 16.9. The lowest BCUT2D eigenvalue weighted by atomic mass is 10.1. The van der Waals surface area contributed by atoms with Gasteiger partial charge in [0.05, 0.1) is 12.1 Å². The summed E-state index contributed by atoms with van der Waals surface area (Å²) < 4.78 is 0. The molecule has 3 nitrogen and oxygen atoms in total. The molecule has 0 fully saturated rings. The van der Waals surface area contributed by atoms with E-state index in [0.717, 1.165) is 22.2 Å². The van der Waals surface area contributed by atoms with Crippen molar-refractivity contribution < 1.29 is 4.79 Å². The summed E-state index contributed by atoms with van der Waals surface area (Å²) in [5.74, 6) is -0.0508. The molecular weight excluding hydrogens is 340 g/mol. The van der Waals surface area contributed by atoms with Crippen LogP contribution in [0.1, 0.15) is 11.1 Å². The van der Waals surface area contributed by atoms with Gasteiger partial charge in [-0.1, -0.05) is 72.3 Å². The molecule has 0 saturated carbocycles. The third-order valence-corrected chi connectivity index (χ3v) is 5.03. The summed E-state index contributed by atoms with van der Waals surface area (Å²) in [5.41, 5.74) is 4.15. The highest BCUT2D eigenvalue weighted by molar-refractivity contribution is 7.14. The molecular formula is C22H18N2OS. The Labute approximate surface area is 156 Å². The number of aromatic nitrogens is 1. The molecule has 0 bridgehead atoms. The third-order valence-electron chi connectivity index (χ3n) is 4.28. The predicted octanol–water partition coefficient (Wildman–Crippen LogP) is 5.45. The van der Waals surface area contributed by atoms with E-state index in [4.69, 9.17) is 0 Å². The van der Waals surface area contributed by atoms with E-state index in [1.807, 2.05) is 35.7 Å². The summed E-state index contributed by atoms with van der Waals surface area (Å²) in [6.07, 6.45) is 0.338. The Bertz CT molecular complexity index is 1070. The molecule has 0 aliphatic heterocycles. The number of aryl methyl sites for hydroxylation is 1. The van der Waals surface area contributed by atoms with Crippen LogP contribution in [0.25, 0.3) is 22.0 Å². The Kier molecular flexibility index (Phi) is 4.50. The number of carbonyl (C=O) groups is 1. The van der Waals surface area contributed by atoms with E-state index in [2.05, 4.69) is 53.6 Å². The standard InChI is InChI=1S/C22H18N2OS/c1-15-6-9-18(10-7-15)20-14-26-22(23-20)24-21(25)13-16-8-11-17-4-2-3-5-19(17)12-16/h2-12,14H,13H2,1H3,(H,23,24,25). The molecule has 4 heteroatoms. The number of nitrogens with one attached hydrogen (secondary N) is 1. The average Bonchev–Trinajstić information content (AvgIpc) is 3.10. The molecule has 0 saturated heterocycles. The second-order valence-corrected chi connectivity index (χ2v) is 7.17. The van der Waals surface area contributed by atoms with Crippen LogP contribution in [-0.2, 0) is 11.2 Å². The molecule has 1 heterocycles. The summed E-state index contributed by atoms with van der Waals surface area (Å²) in [6, 6.07) is 22.5. The molecule has 26 heavy (non-hydrogen) atoms. The van der Waals surface area contributed by atoms with E-state index in [1.54, 1.807) is 0 Å². The second kappa shape index (κ2) is 7.10. The molecule has 128 valence electrons. The summed E-state index contributed by atoms with van der Waals surface area (Å²) in [5, 5.41) is 7.83. The van der Waals surface area contributed by atoms with Crippen LogP contribution in [0.15, 0.2) is 72.1 Å². The van der Waals surface area contributed by atoms with Crippen LogP contribution in [-0.4, -0.2) is 10.9 Å². The van der Waals surface area contributed by atoms with Gasteiger partial charge in [-0.15, -0.1) is 11.3 Å². The number of hydrogen-bond acceptors (Lipinski definition) is 3. The van der Waals surface area contributed by atoms with Crippen molar-refractivity contribution in [1.82, 2.24) is 4.98 Å². The molecule has 0 spiro atoms. The van der Waals surface area contributed by atoms with Crippen molar-refractivity contribution in [2.75, 3.05) is 5.32 Å². The fourth-order valence-corrected chi connectivity index (χ4v) is 3.62. The Morgan fingerprint density at radius 3 is 2.58 bits per heavy atom. The SMILES string of the molecule is Cc1ccc(-c2csc(NC(=O)Cc3ccc4ccccc4c3)n2)cc1. The van der Waals surface area contributed by atoms with Gasteiger partial charge in [-0.05, 0) is 23.3 Å². The summed E-state index contributed by atoms with van der Waals surface area (Å²) in [7, 11) is 0. The number of thiazole rings is 1. The predicted molar refractivity (Wildman–Crippen MR) is 109 cm³/mol. The first-order valence-electron chi connectivity index (χ1n) is 8.47. The average molecular weight is 358 g/mol. The van der Waals surface area contributed by atoms with Crippen LogP contribution in [0.4, 0.5) is 5.13 Å². The van der Waals surface area contributed by atoms with Crippen molar-refractivity contribution in [2.24, 2.45) is 0 Å². The Morgan fingerprint density at radius 2 is 1.77 bits per heavy atom. The lowest BCUT2D eigenvalue weighted by molar-refractivity contribution is -0.115. The van der Waals surface area contributed by atoms with Crippen molar-refractivity contribution in [3.05, 3.63) is 83.2 Å². The van der Waals surface area contributed by atoms with Gasteiger partial charge in [0.25, 0.3) is 0 Å². The zero-order valence-electron chi connectivity index (χ0n) is 14.4. The number of fused-ring (bicyclic) bond motifs is 1. The van der Waals surface area contributed by atoms with Gasteiger partial charge in [-0.25, -0.2) is 4.98 Å².